The van der Waals surface area contributed by atoms with Crippen molar-refractivity contribution in [2.75, 3.05) is 0 Å². The second kappa shape index (κ2) is 12.9. The second-order valence-electron chi connectivity index (χ2n) is 14.8. The van der Waals surface area contributed by atoms with Crippen LogP contribution in [0, 0.1) is 45.3 Å². The van der Waals surface area contributed by atoms with Crippen molar-refractivity contribution in [2.24, 2.45) is 0 Å². The van der Waals surface area contributed by atoms with E-state index in [1.165, 1.54) is 12.8 Å². The number of rotatable bonds is 2. The standard InChI is InChI=1S/C42H36N6O2S2/c43-21-29(22-44)25-9-7-11-27(17-25)39-47-37-35(51-39)31-20-34-32(19-33(31)49-41(37)13-3-1-4-14-41)36-38(42(50-34)15-5-2-6-16-42)48-40(52-36)28-12-8-10-26(18-28)30(23-45)24-46/h17-20H,1-16H2. The van der Waals surface area contributed by atoms with E-state index in [4.69, 9.17) is 19.4 Å². The van der Waals surface area contributed by atoms with Crippen molar-refractivity contribution in [1.82, 2.24) is 9.97 Å². The number of thiazole rings is 2. The molecule has 3 aromatic rings. The van der Waals surface area contributed by atoms with Gasteiger partial charge < -0.3 is 9.47 Å². The number of hydrogen-bond acceptors (Lipinski definition) is 10. The zero-order chi connectivity index (χ0) is 35.5. The molecule has 0 unspecified atom stereocenters. The Labute approximate surface area is 311 Å². The maximum Gasteiger partial charge on any atom is 0.152 e. The Morgan fingerprint density at radius 2 is 0.962 bits per heavy atom. The van der Waals surface area contributed by atoms with Gasteiger partial charge in [-0.25, -0.2) is 9.97 Å². The van der Waals surface area contributed by atoms with Crippen molar-refractivity contribution < 1.29 is 9.47 Å². The highest BCUT2D eigenvalue weighted by Gasteiger charge is 2.48. The quantitative estimate of drug-likeness (QED) is 0.238. The van der Waals surface area contributed by atoms with Crippen LogP contribution in [0.1, 0.15) is 124 Å². The van der Waals surface area contributed by atoms with Crippen LogP contribution in [-0.2, 0) is 11.2 Å². The van der Waals surface area contributed by atoms with Gasteiger partial charge in [0, 0.05) is 11.1 Å². The molecule has 4 aliphatic carbocycles. The Hall–Kier alpha value is -5.00. The molecule has 2 spiro atoms. The van der Waals surface area contributed by atoms with Crippen LogP contribution in [0.4, 0.5) is 0 Å². The van der Waals surface area contributed by atoms with E-state index in [-0.39, 0.29) is 11.1 Å². The summed E-state index contributed by atoms with van der Waals surface area (Å²) in [6.45, 7) is 0. The Morgan fingerprint density at radius 1 is 0.558 bits per heavy atom. The molecule has 0 saturated heterocycles. The SMILES string of the molecule is N#CC(C#N)=C1C=C(c2nc3c(s2)-c2cc4c(cc2OC32CCCCC2)-c2sc(C3=CC(=C(C#N)C#N)CCC3)nc2C2(CCCCC2)O4)CCC1. The minimum absolute atomic E-state index is 0.188. The number of aromatic nitrogens is 2. The Morgan fingerprint density at radius 3 is 1.35 bits per heavy atom. The zero-order valence-electron chi connectivity index (χ0n) is 28.9. The predicted octanol–water partition coefficient (Wildman–Crippen LogP) is 10.9. The Kier molecular flexibility index (Phi) is 8.15. The van der Waals surface area contributed by atoms with Crippen LogP contribution in [0.25, 0.3) is 32.0 Å². The number of fused-ring (bicyclic) bond motifs is 8. The summed E-state index contributed by atoms with van der Waals surface area (Å²) in [6, 6.07) is 12.7. The van der Waals surface area contributed by atoms with Crippen LogP contribution in [0.5, 0.6) is 11.5 Å². The maximum absolute atomic E-state index is 9.58. The lowest BCUT2D eigenvalue weighted by Gasteiger charge is -2.43. The summed E-state index contributed by atoms with van der Waals surface area (Å²) in [6.07, 6.45) is 19.3. The second-order valence-corrected chi connectivity index (χ2v) is 16.8. The summed E-state index contributed by atoms with van der Waals surface area (Å²) in [5.41, 5.74) is 7.20. The number of ether oxygens (including phenoxy) is 2. The highest BCUT2D eigenvalue weighted by atomic mass is 32.1. The van der Waals surface area contributed by atoms with E-state index >= 15 is 0 Å². The minimum Gasteiger partial charge on any atom is -0.480 e. The third-order valence-corrected chi connectivity index (χ3v) is 14.1. The van der Waals surface area contributed by atoms with E-state index in [1.54, 1.807) is 22.7 Å². The van der Waals surface area contributed by atoms with E-state index in [1.807, 2.05) is 12.2 Å². The van der Waals surface area contributed by atoms with Crippen molar-refractivity contribution in [3.05, 3.63) is 68.0 Å². The van der Waals surface area contributed by atoms with E-state index in [9.17, 15) is 21.0 Å². The molecule has 0 amide bonds. The molecule has 0 bridgehead atoms. The normalized spacial score (nSPS) is 20.5. The van der Waals surface area contributed by atoms with Crippen LogP contribution in [0.3, 0.4) is 0 Å². The predicted molar refractivity (Wildman–Crippen MR) is 200 cm³/mol. The van der Waals surface area contributed by atoms with Crippen LogP contribution >= 0.6 is 22.7 Å². The molecule has 2 fully saturated rings. The first kappa shape index (κ1) is 32.9. The van der Waals surface area contributed by atoms with Crippen molar-refractivity contribution in [1.29, 1.82) is 21.0 Å². The van der Waals surface area contributed by atoms with Gasteiger partial charge in [0.2, 0.25) is 0 Å². The number of hydrogen-bond donors (Lipinski definition) is 0. The van der Waals surface area contributed by atoms with Gasteiger partial charge >= 0.3 is 0 Å². The van der Waals surface area contributed by atoms with Crippen molar-refractivity contribution in [3.8, 4) is 56.7 Å². The number of nitriles is 4. The molecule has 10 heteroatoms. The molecule has 8 nitrogen and oxygen atoms in total. The van der Waals surface area contributed by atoms with Crippen LogP contribution < -0.4 is 9.47 Å². The monoisotopic (exact) mass is 720 g/mol. The van der Waals surface area contributed by atoms with Crippen LogP contribution in [-0.4, -0.2) is 9.97 Å². The molecule has 0 radical (unpaired) electrons. The molecule has 1 aromatic carbocycles. The average molecular weight is 721 g/mol. The van der Waals surface area contributed by atoms with Gasteiger partial charge in [-0.15, -0.1) is 22.7 Å². The number of allylic oxidation sites excluding steroid dienone is 8. The first-order valence-electron chi connectivity index (χ1n) is 18.6. The van der Waals surface area contributed by atoms with Crippen molar-refractivity contribution in [3.63, 3.8) is 0 Å². The summed E-state index contributed by atoms with van der Waals surface area (Å²) in [5.74, 6) is 1.72. The highest BCUT2D eigenvalue weighted by Crippen LogP contribution is 2.60. The first-order chi connectivity index (χ1) is 25.5. The lowest BCUT2D eigenvalue weighted by Crippen LogP contribution is -2.39. The lowest BCUT2D eigenvalue weighted by atomic mass is 9.78. The summed E-state index contributed by atoms with van der Waals surface area (Å²) in [5, 5.41) is 40.2. The molecule has 2 saturated carbocycles. The fourth-order valence-electron chi connectivity index (χ4n) is 9.14. The zero-order valence-corrected chi connectivity index (χ0v) is 30.6. The van der Waals surface area contributed by atoms with Crippen molar-refractivity contribution in [2.45, 2.75) is 114 Å². The van der Waals surface area contributed by atoms with Gasteiger partial charge in [0.25, 0.3) is 0 Å². The third-order valence-electron chi connectivity index (χ3n) is 11.7. The van der Waals surface area contributed by atoms with Gasteiger partial charge in [-0.1, -0.05) is 25.0 Å². The Bertz CT molecular complexity index is 2130. The molecule has 9 rings (SSSR count). The number of benzene rings is 1. The summed E-state index contributed by atoms with van der Waals surface area (Å²) < 4.78 is 14.3. The van der Waals surface area contributed by atoms with Gasteiger partial charge in [-0.05, 0) is 124 Å². The molecule has 2 aromatic heterocycles. The highest BCUT2D eigenvalue weighted by molar-refractivity contribution is 7.16. The summed E-state index contributed by atoms with van der Waals surface area (Å²) in [4.78, 5) is 13.0. The van der Waals surface area contributed by atoms with Gasteiger partial charge in [0.05, 0.1) is 9.75 Å². The molecule has 52 heavy (non-hydrogen) atoms. The third kappa shape index (κ3) is 5.24. The van der Waals surface area contributed by atoms with E-state index in [0.29, 0.717) is 0 Å². The fourth-order valence-corrected chi connectivity index (χ4v) is 11.6. The van der Waals surface area contributed by atoms with Crippen LogP contribution in [0.15, 0.2) is 46.6 Å². The average Bonchev–Trinajstić information content (AvgIpc) is 3.85. The first-order valence-corrected chi connectivity index (χ1v) is 20.2. The molecule has 258 valence electrons. The van der Waals surface area contributed by atoms with Crippen molar-refractivity contribution >= 4 is 33.8 Å². The lowest BCUT2D eigenvalue weighted by molar-refractivity contribution is 0.0163. The van der Waals surface area contributed by atoms with Gasteiger partial charge in [0.1, 0.15) is 68.3 Å². The van der Waals surface area contributed by atoms with E-state index in [2.05, 4.69) is 36.4 Å². The molecule has 6 aliphatic rings. The van der Waals surface area contributed by atoms with Gasteiger partial charge in [-0.3, -0.25) is 0 Å². The van der Waals surface area contributed by atoms with Gasteiger partial charge in [0.15, 0.2) is 11.2 Å². The summed E-state index contributed by atoms with van der Waals surface area (Å²) in [7, 11) is 0. The summed E-state index contributed by atoms with van der Waals surface area (Å²) >= 11 is 3.41. The molecule has 2 aliphatic heterocycles. The fraction of sp³-hybridized carbons (Fsp3) is 0.429. The minimum atomic E-state index is -0.501. The molecular formula is C42H36N6O2S2. The molecule has 0 atom stereocenters. The van der Waals surface area contributed by atoms with Gasteiger partial charge in [-0.2, -0.15) is 21.0 Å². The smallest absolute Gasteiger partial charge is 0.152 e. The molecule has 4 heterocycles. The number of nitrogens with zero attached hydrogens (tertiary/aromatic N) is 6. The maximum atomic E-state index is 9.58. The van der Waals surface area contributed by atoms with Crippen LogP contribution in [0.2, 0.25) is 0 Å². The van der Waals surface area contributed by atoms with E-state index in [0.717, 1.165) is 166 Å². The molecule has 0 N–H and O–H groups in total. The molecular weight excluding hydrogens is 685 g/mol. The Balaban J connectivity index is 1.20. The topological polar surface area (TPSA) is 139 Å². The largest absolute Gasteiger partial charge is 0.480 e. The van der Waals surface area contributed by atoms with E-state index < -0.39 is 11.2 Å².